The number of hydrogen-bond donors (Lipinski definition) is 2. The lowest BCUT2D eigenvalue weighted by Crippen LogP contribution is -2.34. The minimum atomic E-state index is -0.261. The van der Waals surface area contributed by atoms with Gasteiger partial charge in [0.1, 0.15) is 10.7 Å². The SMILES string of the molecule is C=CC(=O)NCc1csc(CC(=O)c2ccc3cc4n(c3c2)CCNC4=O)n1. The van der Waals surface area contributed by atoms with E-state index in [0.29, 0.717) is 41.6 Å². The van der Waals surface area contributed by atoms with Crippen molar-refractivity contribution in [3.8, 4) is 0 Å². The van der Waals surface area contributed by atoms with Crippen LogP contribution in [0, 0.1) is 0 Å². The standard InChI is InChI=1S/C20H18N4O3S/c1-2-18(26)22-10-14-11-28-19(23-14)9-17(25)13-4-3-12-7-16-20(27)21-5-6-24(16)15(12)8-13/h2-4,7-8,11H,1,5-6,9-10H2,(H,21,27)(H,22,26). The third-order valence-electron chi connectivity index (χ3n) is 4.62. The Bertz CT molecular complexity index is 1110. The predicted octanol–water partition coefficient (Wildman–Crippen LogP) is 2.07. The number of ketones is 1. The van der Waals surface area contributed by atoms with E-state index in [1.807, 2.05) is 28.1 Å². The van der Waals surface area contributed by atoms with Crippen molar-refractivity contribution in [3.05, 3.63) is 64.3 Å². The molecular weight excluding hydrogens is 376 g/mol. The van der Waals surface area contributed by atoms with Gasteiger partial charge in [-0.1, -0.05) is 18.7 Å². The average molecular weight is 394 g/mol. The molecule has 0 fully saturated rings. The quantitative estimate of drug-likeness (QED) is 0.494. The maximum Gasteiger partial charge on any atom is 0.268 e. The Morgan fingerprint density at radius 3 is 3.04 bits per heavy atom. The van der Waals surface area contributed by atoms with Crippen LogP contribution in [0.15, 0.2) is 42.3 Å². The summed E-state index contributed by atoms with van der Waals surface area (Å²) in [5.41, 5.74) is 2.82. The monoisotopic (exact) mass is 394 g/mol. The first-order valence-corrected chi connectivity index (χ1v) is 9.71. The Balaban J connectivity index is 1.51. The van der Waals surface area contributed by atoms with Crippen molar-refractivity contribution in [1.29, 1.82) is 0 Å². The second-order valence-electron chi connectivity index (χ2n) is 6.47. The topological polar surface area (TPSA) is 93.1 Å². The zero-order valence-corrected chi connectivity index (χ0v) is 15.8. The van der Waals surface area contributed by atoms with Crippen molar-refractivity contribution in [3.63, 3.8) is 0 Å². The molecule has 3 heterocycles. The largest absolute Gasteiger partial charge is 0.349 e. The number of benzene rings is 1. The van der Waals surface area contributed by atoms with Crippen LogP contribution in [-0.4, -0.2) is 33.7 Å². The number of carbonyl (C=O) groups excluding carboxylic acids is 3. The van der Waals surface area contributed by atoms with Gasteiger partial charge in [0.2, 0.25) is 5.91 Å². The highest BCUT2D eigenvalue weighted by molar-refractivity contribution is 7.09. The van der Waals surface area contributed by atoms with Gasteiger partial charge in [-0.25, -0.2) is 4.98 Å². The van der Waals surface area contributed by atoms with Gasteiger partial charge in [-0.2, -0.15) is 0 Å². The van der Waals surface area contributed by atoms with Crippen LogP contribution >= 0.6 is 11.3 Å². The zero-order valence-electron chi connectivity index (χ0n) is 15.0. The van der Waals surface area contributed by atoms with Crippen LogP contribution in [0.25, 0.3) is 10.9 Å². The summed E-state index contributed by atoms with van der Waals surface area (Å²) in [7, 11) is 0. The van der Waals surface area contributed by atoms with Crippen molar-refractivity contribution < 1.29 is 14.4 Å². The number of amides is 2. The van der Waals surface area contributed by atoms with Gasteiger partial charge in [0.15, 0.2) is 5.78 Å². The summed E-state index contributed by atoms with van der Waals surface area (Å²) in [4.78, 5) is 40.4. The lowest BCUT2D eigenvalue weighted by atomic mass is 10.1. The second kappa shape index (κ2) is 7.40. The molecule has 0 spiro atoms. The molecule has 4 rings (SSSR count). The van der Waals surface area contributed by atoms with E-state index in [4.69, 9.17) is 0 Å². The molecule has 2 N–H and O–H groups in total. The van der Waals surface area contributed by atoms with Gasteiger partial charge in [0, 0.05) is 34.9 Å². The van der Waals surface area contributed by atoms with Gasteiger partial charge in [0.05, 0.1) is 18.7 Å². The minimum absolute atomic E-state index is 0.0336. The lowest BCUT2D eigenvalue weighted by Gasteiger charge is -2.16. The summed E-state index contributed by atoms with van der Waals surface area (Å²) in [5.74, 6) is -0.383. The van der Waals surface area contributed by atoms with Crippen LogP contribution in [0.2, 0.25) is 0 Å². The Morgan fingerprint density at radius 2 is 2.21 bits per heavy atom. The number of Topliss-reactive ketones (excluding diaryl/α,β-unsaturated/α-hetero) is 1. The van der Waals surface area contributed by atoms with Crippen molar-refractivity contribution in [2.45, 2.75) is 19.5 Å². The molecule has 0 unspecified atom stereocenters. The lowest BCUT2D eigenvalue weighted by molar-refractivity contribution is -0.116. The van der Waals surface area contributed by atoms with Crippen LogP contribution in [0.4, 0.5) is 0 Å². The van der Waals surface area contributed by atoms with E-state index >= 15 is 0 Å². The molecule has 28 heavy (non-hydrogen) atoms. The van der Waals surface area contributed by atoms with E-state index in [1.165, 1.54) is 17.4 Å². The van der Waals surface area contributed by atoms with E-state index in [1.54, 1.807) is 6.07 Å². The summed E-state index contributed by atoms with van der Waals surface area (Å²) in [6.45, 7) is 4.98. The van der Waals surface area contributed by atoms with E-state index < -0.39 is 0 Å². The van der Waals surface area contributed by atoms with Crippen molar-refractivity contribution in [1.82, 2.24) is 20.2 Å². The maximum atomic E-state index is 12.7. The molecule has 0 saturated heterocycles. The summed E-state index contributed by atoms with van der Waals surface area (Å²) in [6.07, 6.45) is 1.40. The van der Waals surface area contributed by atoms with Gasteiger partial charge in [-0.05, 0) is 18.2 Å². The van der Waals surface area contributed by atoms with Gasteiger partial charge in [-0.3, -0.25) is 14.4 Å². The highest BCUT2D eigenvalue weighted by Crippen LogP contribution is 2.24. The first kappa shape index (κ1) is 18.1. The summed E-state index contributed by atoms with van der Waals surface area (Å²) in [6, 6.07) is 7.36. The van der Waals surface area contributed by atoms with Crippen LogP contribution in [0.5, 0.6) is 0 Å². The molecule has 1 aliphatic heterocycles. The maximum absolute atomic E-state index is 12.7. The third-order valence-corrected chi connectivity index (χ3v) is 5.52. The number of nitrogens with zero attached hydrogens (tertiary/aromatic N) is 2. The normalized spacial score (nSPS) is 13.1. The smallest absolute Gasteiger partial charge is 0.268 e. The van der Waals surface area contributed by atoms with Gasteiger partial charge < -0.3 is 15.2 Å². The molecule has 1 aliphatic rings. The number of rotatable bonds is 6. The average Bonchev–Trinajstić information content (AvgIpc) is 3.30. The number of aromatic nitrogens is 2. The third kappa shape index (κ3) is 3.46. The van der Waals surface area contributed by atoms with E-state index in [0.717, 1.165) is 10.9 Å². The fraction of sp³-hybridized carbons (Fsp3) is 0.200. The molecule has 8 heteroatoms. The highest BCUT2D eigenvalue weighted by atomic mass is 32.1. The number of thiazole rings is 1. The van der Waals surface area contributed by atoms with Gasteiger partial charge >= 0.3 is 0 Å². The number of nitrogens with one attached hydrogen (secondary N) is 2. The number of fused-ring (bicyclic) bond motifs is 3. The van der Waals surface area contributed by atoms with Crippen molar-refractivity contribution in [2.75, 3.05) is 6.54 Å². The molecule has 7 nitrogen and oxygen atoms in total. The van der Waals surface area contributed by atoms with E-state index in [2.05, 4.69) is 22.2 Å². The van der Waals surface area contributed by atoms with Crippen LogP contribution in [0.3, 0.4) is 0 Å². The number of hydrogen-bond acceptors (Lipinski definition) is 5. The van der Waals surface area contributed by atoms with Crippen LogP contribution in [-0.2, 0) is 24.3 Å². The zero-order chi connectivity index (χ0) is 19.7. The highest BCUT2D eigenvalue weighted by Gasteiger charge is 2.20. The van der Waals surface area contributed by atoms with Gasteiger partial charge in [0.25, 0.3) is 5.91 Å². The van der Waals surface area contributed by atoms with Crippen LogP contribution < -0.4 is 10.6 Å². The molecule has 0 radical (unpaired) electrons. The Morgan fingerprint density at radius 1 is 1.36 bits per heavy atom. The van der Waals surface area contributed by atoms with E-state index in [9.17, 15) is 14.4 Å². The molecule has 3 aromatic rings. The predicted molar refractivity (Wildman–Crippen MR) is 106 cm³/mol. The van der Waals surface area contributed by atoms with Gasteiger partial charge in [-0.15, -0.1) is 11.3 Å². The fourth-order valence-corrected chi connectivity index (χ4v) is 4.02. The summed E-state index contributed by atoms with van der Waals surface area (Å²) < 4.78 is 1.95. The molecule has 1 aromatic carbocycles. The van der Waals surface area contributed by atoms with Crippen LogP contribution in [0.1, 0.15) is 31.5 Å². The summed E-state index contributed by atoms with van der Waals surface area (Å²) >= 11 is 1.39. The molecule has 142 valence electrons. The van der Waals surface area contributed by atoms with Crippen molar-refractivity contribution >= 4 is 39.8 Å². The minimum Gasteiger partial charge on any atom is -0.349 e. The molecule has 2 aromatic heterocycles. The Kier molecular flexibility index (Phi) is 4.79. The molecule has 2 amide bonds. The first-order chi connectivity index (χ1) is 13.5. The fourth-order valence-electron chi connectivity index (χ4n) is 3.23. The Hall–Kier alpha value is -3.26. The first-order valence-electron chi connectivity index (χ1n) is 8.83. The second-order valence-corrected chi connectivity index (χ2v) is 7.41. The molecule has 0 aliphatic carbocycles. The molecule has 0 saturated carbocycles. The molecule has 0 bridgehead atoms. The van der Waals surface area contributed by atoms with E-state index in [-0.39, 0.29) is 24.0 Å². The molecule has 0 atom stereocenters. The Labute approximate surface area is 165 Å². The summed E-state index contributed by atoms with van der Waals surface area (Å²) in [5, 5.41) is 8.96. The number of carbonyl (C=O) groups is 3. The molecular formula is C20H18N4O3S. The van der Waals surface area contributed by atoms with Crippen molar-refractivity contribution in [2.24, 2.45) is 0 Å².